The lowest BCUT2D eigenvalue weighted by molar-refractivity contribution is -0.143. The summed E-state index contributed by atoms with van der Waals surface area (Å²) in [6, 6.07) is 4.84. The van der Waals surface area contributed by atoms with E-state index in [0.29, 0.717) is 29.4 Å². The highest BCUT2D eigenvalue weighted by molar-refractivity contribution is 7.91. The molecule has 1 saturated heterocycles. The molecule has 2 heterocycles. The molecule has 1 unspecified atom stereocenters. The van der Waals surface area contributed by atoms with Crippen molar-refractivity contribution in [3.63, 3.8) is 0 Å². The van der Waals surface area contributed by atoms with Crippen molar-refractivity contribution in [3.05, 3.63) is 42.1 Å². The molecule has 3 fully saturated rings. The van der Waals surface area contributed by atoms with Crippen LogP contribution in [0.1, 0.15) is 67.2 Å². The number of benzene rings is 1. The van der Waals surface area contributed by atoms with Crippen molar-refractivity contribution < 1.29 is 41.8 Å². The van der Waals surface area contributed by atoms with Gasteiger partial charge in [0.15, 0.2) is 10.9 Å². The van der Waals surface area contributed by atoms with Crippen LogP contribution in [0.2, 0.25) is 5.15 Å². The van der Waals surface area contributed by atoms with Gasteiger partial charge in [0.1, 0.15) is 29.3 Å². The molecule has 5 rings (SSSR count). The number of aromatic nitrogens is 1. The molecule has 1 aromatic heterocycles. The van der Waals surface area contributed by atoms with E-state index >= 15 is 0 Å². The number of methoxy groups -OCH3 is 1. The second kappa shape index (κ2) is 13.8. The molecule has 51 heavy (non-hydrogen) atoms. The van der Waals surface area contributed by atoms with Crippen LogP contribution >= 0.6 is 11.6 Å². The standard InChI is InChI=1S/C35H46ClN5O9S/c1-9-19-17-35(19,31(44)40-51(46,47)21-14-15-21)39-28(42)24-16-20(49-29-23-13-11-10-12-22(23)25(48-8)27(36)38-29)18-41(24)30(43)26(33(2,3)4)37-32(45)50-34(5,6)7/h9-13,19-21,24,26H,1,14-18H2,2-8H3,(H,37,45)(H,39,42)(H,40,44)/t19?,20-,24+,26-,35-/m1/s1. The van der Waals surface area contributed by atoms with Crippen LogP contribution in [0.4, 0.5) is 4.79 Å². The molecule has 2 saturated carbocycles. The van der Waals surface area contributed by atoms with Crippen LogP contribution in [0.5, 0.6) is 11.6 Å². The fraction of sp³-hybridized carbons (Fsp3) is 0.571. The van der Waals surface area contributed by atoms with Crippen molar-refractivity contribution in [2.24, 2.45) is 11.3 Å². The van der Waals surface area contributed by atoms with E-state index in [-0.39, 0.29) is 30.4 Å². The first-order valence-electron chi connectivity index (χ1n) is 16.8. The quantitative estimate of drug-likeness (QED) is 0.226. The van der Waals surface area contributed by atoms with Crippen molar-refractivity contribution in [1.82, 2.24) is 25.2 Å². The van der Waals surface area contributed by atoms with Crippen LogP contribution < -0.4 is 24.8 Å². The fourth-order valence-corrected chi connectivity index (χ4v) is 7.87. The molecule has 278 valence electrons. The van der Waals surface area contributed by atoms with Crippen molar-refractivity contribution in [2.45, 2.75) is 102 Å². The summed E-state index contributed by atoms with van der Waals surface area (Å²) >= 11 is 6.46. The molecule has 3 N–H and O–H groups in total. The summed E-state index contributed by atoms with van der Waals surface area (Å²) < 4.78 is 44.7. The number of sulfonamides is 1. The minimum absolute atomic E-state index is 0.0304. The van der Waals surface area contributed by atoms with Gasteiger partial charge in [-0.1, -0.05) is 56.6 Å². The van der Waals surface area contributed by atoms with Crippen molar-refractivity contribution >= 4 is 56.2 Å². The Balaban J connectivity index is 1.47. The summed E-state index contributed by atoms with van der Waals surface area (Å²) in [6.07, 6.45) is 0.870. The lowest BCUT2D eigenvalue weighted by atomic mass is 9.85. The zero-order valence-corrected chi connectivity index (χ0v) is 31.4. The van der Waals surface area contributed by atoms with Crippen molar-refractivity contribution in [2.75, 3.05) is 13.7 Å². The van der Waals surface area contributed by atoms with E-state index < -0.39 is 79.7 Å². The Labute approximate surface area is 303 Å². The number of alkyl carbamates (subject to hydrolysis) is 1. The number of rotatable bonds is 11. The number of nitrogens with one attached hydrogen (secondary N) is 3. The molecule has 3 aliphatic rings. The number of pyridine rings is 1. The van der Waals surface area contributed by atoms with Gasteiger partial charge in [-0.3, -0.25) is 19.1 Å². The van der Waals surface area contributed by atoms with Gasteiger partial charge < -0.3 is 29.7 Å². The van der Waals surface area contributed by atoms with Crippen LogP contribution in [0.15, 0.2) is 36.9 Å². The van der Waals surface area contributed by atoms with Gasteiger partial charge in [0.05, 0.1) is 18.9 Å². The molecule has 1 aromatic carbocycles. The molecule has 16 heteroatoms. The number of hydrogen-bond acceptors (Lipinski definition) is 10. The molecule has 0 bridgehead atoms. The number of amides is 4. The smallest absolute Gasteiger partial charge is 0.408 e. The zero-order chi connectivity index (χ0) is 37.7. The number of fused-ring (bicyclic) bond motifs is 1. The SMILES string of the molecule is C=CC1C[C@]1(NC(=O)[C@@H]1C[C@@H](Oc2nc(Cl)c(OC)c3ccccc23)CN1C(=O)[C@@H](NC(=O)OC(C)(C)C)C(C)(C)C)C(=O)NS(=O)(=O)C1CC1. The fourth-order valence-electron chi connectivity index (χ4n) is 6.25. The topological polar surface area (TPSA) is 182 Å². The van der Waals surface area contributed by atoms with Gasteiger partial charge in [0, 0.05) is 23.1 Å². The number of nitrogens with zero attached hydrogens (tertiary/aromatic N) is 2. The Morgan fingerprint density at radius 3 is 2.29 bits per heavy atom. The first-order valence-corrected chi connectivity index (χ1v) is 18.7. The number of hydrogen-bond donors (Lipinski definition) is 3. The lowest BCUT2D eigenvalue weighted by Gasteiger charge is -2.36. The van der Waals surface area contributed by atoms with Gasteiger partial charge in [-0.15, -0.1) is 6.58 Å². The Hall–Kier alpha value is -4.11. The van der Waals surface area contributed by atoms with Gasteiger partial charge >= 0.3 is 6.09 Å². The maximum Gasteiger partial charge on any atom is 0.408 e. The summed E-state index contributed by atoms with van der Waals surface area (Å²) in [5, 5.41) is 6.07. The Kier molecular flexibility index (Phi) is 10.3. The second-order valence-electron chi connectivity index (χ2n) is 15.4. The summed E-state index contributed by atoms with van der Waals surface area (Å²) in [5.74, 6) is -2.18. The van der Waals surface area contributed by atoms with E-state index in [4.69, 9.17) is 25.8 Å². The molecule has 0 spiro atoms. The van der Waals surface area contributed by atoms with Gasteiger partial charge in [-0.2, -0.15) is 4.98 Å². The predicted molar refractivity (Wildman–Crippen MR) is 190 cm³/mol. The largest absolute Gasteiger partial charge is 0.493 e. The molecular formula is C35H46ClN5O9S. The first-order chi connectivity index (χ1) is 23.7. The summed E-state index contributed by atoms with van der Waals surface area (Å²) in [4.78, 5) is 60.8. The highest BCUT2D eigenvalue weighted by Crippen LogP contribution is 2.46. The molecule has 5 atom stereocenters. The summed E-state index contributed by atoms with van der Waals surface area (Å²) in [6.45, 7) is 14.0. The Morgan fingerprint density at radius 1 is 1.10 bits per heavy atom. The molecule has 2 aliphatic carbocycles. The minimum atomic E-state index is -3.91. The molecule has 2 aromatic rings. The number of ether oxygens (including phenoxy) is 3. The third-order valence-corrected chi connectivity index (χ3v) is 11.2. The monoisotopic (exact) mass is 747 g/mol. The lowest BCUT2D eigenvalue weighted by Crippen LogP contribution is -2.60. The number of halogens is 1. The summed E-state index contributed by atoms with van der Waals surface area (Å²) in [5.41, 5.74) is -3.25. The van der Waals surface area contributed by atoms with Gasteiger partial charge in [-0.25, -0.2) is 13.2 Å². The highest BCUT2D eigenvalue weighted by atomic mass is 35.5. The Morgan fingerprint density at radius 2 is 1.75 bits per heavy atom. The number of carbonyl (C=O) groups is 4. The predicted octanol–water partition coefficient (Wildman–Crippen LogP) is 3.85. The molecule has 4 amide bonds. The molecule has 1 aliphatic heterocycles. The Bertz CT molecular complexity index is 1850. The van der Waals surface area contributed by atoms with E-state index in [1.54, 1.807) is 59.7 Å². The summed E-state index contributed by atoms with van der Waals surface area (Å²) in [7, 11) is -2.44. The number of likely N-dealkylation sites (tertiary alicyclic amines) is 1. The average Bonchev–Trinajstić information content (AvgIpc) is 3.95. The van der Waals surface area contributed by atoms with Crippen LogP contribution in [-0.4, -0.2) is 90.3 Å². The zero-order valence-electron chi connectivity index (χ0n) is 29.9. The minimum Gasteiger partial charge on any atom is -0.493 e. The average molecular weight is 748 g/mol. The maximum absolute atomic E-state index is 14.5. The molecule has 0 radical (unpaired) electrons. The normalized spacial score (nSPS) is 23.9. The van der Waals surface area contributed by atoms with Gasteiger partial charge in [0.25, 0.3) is 5.91 Å². The first kappa shape index (κ1) is 38.1. The third kappa shape index (κ3) is 8.19. The highest BCUT2D eigenvalue weighted by Gasteiger charge is 2.62. The third-order valence-electron chi connectivity index (χ3n) is 9.14. The van der Waals surface area contributed by atoms with Gasteiger partial charge in [0.2, 0.25) is 27.7 Å². The van der Waals surface area contributed by atoms with Crippen molar-refractivity contribution in [1.29, 1.82) is 0 Å². The second-order valence-corrected chi connectivity index (χ2v) is 17.7. The van der Waals surface area contributed by atoms with Crippen LogP contribution in [0, 0.1) is 11.3 Å². The van der Waals surface area contributed by atoms with Crippen LogP contribution in [0.3, 0.4) is 0 Å². The van der Waals surface area contributed by atoms with E-state index in [9.17, 15) is 27.6 Å². The number of carbonyl (C=O) groups excluding carboxylic acids is 4. The molecule has 14 nitrogen and oxygen atoms in total. The van der Waals surface area contributed by atoms with E-state index in [1.807, 2.05) is 6.07 Å². The van der Waals surface area contributed by atoms with Crippen LogP contribution in [0.25, 0.3) is 10.8 Å². The van der Waals surface area contributed by atoms with E-state index in [0.717, 1.165) is 0 Å². The van der Waals surface area contributed by atoms with Crippen molar-refractivity contribution in [3.8, 4) is 11.6 Å². The van der Waals surface area contributed by atoms with Crippen LogP contribution in [-0.2, 0) is 29.1 Å². The van der Waals surface area contributed by atoms with Gasteiger partial charge in [-0.05, 0) is 51.5 Å². The van der Waals surface area contributed by atoms with E-state index in [2.05, 4.69) is 26.9 Å². The molecular weight excluding hydrogens is 702 g/mol. The maximum atomic E-state index is 14.5. The van der Waals surface area contributed by atoms with E-state index in [1.165, 1.54) is 18.1 Å².